The molecule has 0 bridgehead atoms. The molecule has 326 valence electrons. The number of hydrogen-bond acceptors (Lipinski definition) is 15. The van der Waals surface area contributed by atoms with E-state index in [9.17, 15) is 31.5 Å². The third-order valence-electron chi connectivity index (χ3n) is 6.93. The van der Waals surface area contributed by atoms with Gasteiger partial charge in [0.25, 0.3) is 0 Å². The van der Waals surface area contributed by atoms with E-state index in [1.165, 1.54) is 0 Å². The lowest BCUT2D eigenvalue weighted by Crippen LogP contribution is -2.59. The molecule has 1 unspecified atom stereocenters. The first-order chi connectivity index (χ1) is 27.1. The van der Waals surface area contributed by atoms with Gasteiger partial charge in [-0.25, -0.2) is 13.2 Å². The van der Waals surface area contributed by atoms with Crippen LogP contribution in [0.1, 0.15) is 26.2 Å². The number of rotatable bonds is 38. The van der Waals surface area contributed by atoms with E-state index in [1.807, 2.05) is 6.92 Å². The summed E-state index contributed by atoms with van der Waals surface area (Å²) in [5.41, 5.74) is 4.24. The molecular weight excluding hydrogens is 767 g/mol. The smallest absolute Gasteiger partial charge is 0.313 e. The lowest BCUT2D eigenvalue weighted by molar-refractivity contribution is -0.136. The Morgan fingerprint density at radius 1 is 0.536 bits per heavy atom. The summed E-state index contributed by atoms with van der Waals surface area (Å²) in [5.74, 6) is -14.9. The van der Waals surface area contributed by atoms with Crippen LogP contribution in [0.25, 0.3) is 0 Å². The Labute approximate surface area is 323 Å². The highest BCUT2D eigenvalue weighted by molar-refractivity contribution is 5.77. The molecular formula is C35H57F5N2O14. The van der Waals surface area contributed by atoms with E-state index in [4.69, 9.17) is 58.2 Å². The highest BCUT2D eigenvalue weighted by Gasteiger charge is 2.34. The van der Waals surface area contributed by atoms with Gasteiger partial charge in [0.15, 0.2) is 0 Å². The lowest BCUT2D eigenvalue weighted by Gasteiger charge is -2.34. The molecule has 1 atom stereocenters. The van der Waals surface area contributed by atoms with Crippen LogP contribution in [-0.2, 0) is 57.0 Å². The second kappa shape index (κ2) is 33.3. The van der Waals surface area contributed by atoms with Gasteiger partial charge in [0.05, 0.1) is 139 Å². The van der Waals surface area contributed by atoms with E-state index >= 15 is 0 Å². The van der Waals surface area contributed by atoms with Crippen molar-refractivity contribution in [3.8, 4) is 5.75 Å². The van der Waals surface area contributed by atoms with Crippen molar-refractivity contribution in [1.29, 1.82) is 0 Å². The van der Waals surface area contributed by atoms with E-state index < -0.39 is 58.7 Å². The first kappa shape index (κ1) is 51.3. The number of amides is 1. The van der Waals surface area contributed by atoms with Crippen LogP contribution in [0.5, 0.6) is 5.75 Å². The molecule has 0 spiro atoms. The fraction of sp³-hybridized carbons (Fsp3) is 0.771. The largest absolute Gasteiger partial charge is 0.420 e. The van der Waals surface area contributed by atoms with Crippen LogP contribution in [0.4, 0.5) is 22.0 Å². The second-order valence-corrected chi connectivity index (χ2v) is 11.7. The minimum atomic E-state index is -2.38. The van der Waals surface area contributed by atoms with Crippen LogP contribution < -0.4 is 15.8 Å². The number of nitrogens with one attached hydrogen (secondary N) is 1. The van der Waals surface area contributed by atoms with Crippen molar-refractivity contribution >= 4 is 11.9 Å². The molecule has 0 radical (unpaired) electrons. The number of hydrogen-bond donors (Lipinski definition) is 3. The van der Waals surface area contributed by atoms with Gasteiger partial charge in [0.1, 0.15) is 5.54 Å². The van der Waals surface area contributed by atoms with E-state index in [2.05, 4.69) is 10.1 Å². The molecule has 1 rings (SSSR count). The Kier molecular flexibility index (Phi) is 30.5. The van der Waals surface area contributed by atoms with Gasteiger partial charge < -0.3 is 68.3 Å². The van der Waals surface area contributed by atoms with Crippen LogP contribution in [0, 0.1) is 29.1 Å². The summed E-state index contributed by atoms with van der Waals surface area (Å²) in [6, 6.07) is 0. The summed E-state index contributed by atoms with van der Waals surface area (Å²) in [4.78, 5) is 25.0. The van der Waals surface area contributed by atoms with Crippen LogP contribution >= 0.6 is 0 Å². The Morgan fingerprint density at radius 2 is 0.911 bits per heavy atom. The summed E-state index contributed by atoms with van der Waals surface area (Å²) < 4.78 is 127. The zero-order chi connectivity index (χ0) is 41.3. The SMILES string of the molecule is CCCOCCOCCOCC(COCCOCCO)(COCCOCCOCCN)NC(=O)CCOCCOCCC(=O)Oc1c(F)c(F)c(F)c(F)c1F. The van der Waals surface area contributed by atoms with Crippen LogP contribution in [0.3, 0.4) is 0 Å². The molecule has 0 fully saturated rings. The number of carbonyl (C=O) groups excluding carboxylic acids is 2. The average molecular weight is 825 g/mol. The molecule has 0 aliphatic carbocycles. The molecule has 1 amide bonds. The normalized spacial score (nSPS) is 12.6. The maximum absolute atomic E-state index is 13.7. The molecule has 0 heterocycles. The van der Waals surface area contributed by atoms with E-state index in [-0.39, 0.29) is 106 Å². The van der Waals surface area contributed by atoms with E-state index in [1.54, 1.807) is 0 Å². The molecule has 56 heavy (non-hydrogen) atoms. The Balaban J connectivity index is 2.64. The van der Waals surface area contributed by atoms with Crippen LogP contribution in [-0.4, -0.2) is 168 Å². The van der Waals surface area contributed by atoms with Crippen molar-refractivity contribution in [3.05, 3.63) is 29.1 Å². The van der Waals surface area contributed by atoms with Gasteiger partial charge in [0, 0.05) is 19.6 Å². The Hall–Kier alpha value is -2.67. The molecule has 0 aromatic heterocycles. The van der Waals surface area contributed by atoms with Gasteiger partial charge in [-0.2, -0.15) is 8.78 Å². The maximum Gasteiger partial charge on any atom is 0.313 e. The van der Waals surface area contributed by atoms with Crippen LogP contribution in [0.15, 0.2) is 0 Å². The third kappa shape index (κ3) is 23.5. The summed E-state index contributed by atoms with van der Waals surface area (Å²) in [7, 11) is 0. The lowest BCUT2D eigenvalue weighted by atomic mass is 10.0. The number of esters is 1. The molecule has 21 heteroatoms. The zero-order valence-corrected chi connectivity index (χ0v) is 31.9. The topological polar surface area (TPSA) is 194 Å². The number of aliphatic hydroxyl groups is 1. The number of halogens is 5. The summed E-state index contributed by atoms with van der Waals surface area (Å²) in [6.07, 6.45) is 0.236. The number of nitrogens with two attached hydrogens (primary N) is 1. The quantitative estimate of drug-likeness (QED) is 0.0217. The molecule has 1 aromatic rings. The van der Waals surface area contributed by atoms with Crippen molar-refractivity contribution < 1.29 is 88.8 Å². The first-order valence-corrected chi connectivity index (χ1v) is 18.2. The first-order valence-electron chi connectivity index (χ1n) is 18.2. The minimum Gasteiger partial charge on any atom is -0.420 e. The van der Waals surface area contributed by atoms with Gasteiger partial charge in [-0.3, -0.25) is 9.59 Å². The number of ether oxygens (including phenoxy) is 11. The van der Waals surface area contributed by atoms with Crippen LogP contribution in [0.2, 0.25) is 0 Å². The zero-order valence-electron chi connectivity index (χ0n) is 31.9. The fourth-order valence-electron chi connectivity index (χ4n) is 4.27. The minimum absolute atomic E-state index is 0.0127. The monoisotopic (exact) mass is 824 g/mol. The fourth-order valence-corrected chi connectivity index (χ4v) is 4.27. The predicted octanol–water partition coefficient (Wildman–Crippen LogP) is 1.45. The number of aliphatic hydroxyl groups excluding tert-OH is 1. The number of carbonyl (C=O) groups is 2. The van der Waals surface area contributed by atoms with Gasteiger partial charge in [-0.15, -0.1) is 0 Å². The summed E-state index contributed by atoms with van der Waals surface area (Å²) in [5, 5.41) is 11.9. The Morgan fingerprint density at radius 3 is 1.36 bits per heavy atom. The molecule has 0 saturated carbocycles. The molecule has 1 aromatic carbocycles. The highest BCUT2D eigenvalue weighted by atomic mass is 19.2. The van der Waals surface area contributed by atoms with Crippen molar-refractivity contribution in [2.24, 2.45) is 5.73 Å². The van der Waals surface area contributed by atoms with E-state index in [0.29, 0.717) is 46.2 Å². The standard InChI is InChI=1S/C35H57F5N2O14/c1-2-7-46-12-16-51-19-22-54-25-35(24-53-21-18-50-11-6-43,26-55-23-20-52-17-15-49-10-5-41)42-27(44)3-8-47-13-14-48-9-4-28(45)56-34-32(39)30(37)29(36)31(38)33(34)40/h43H,2-26,41H2,1H3,(H,42,44). The summed E-state index contributed by atoms with van der Waals surface area (Å²) in [6.45, 7) is 5.81. The van der Waals surface area contributed by atoms with Crippen molar-refractivity contribution in [1.82, 2.24) is 5.32 Å². The molecule has 0 aliphatic heterocycles. The Bertz CT molecular complexity index is 1140. The number of benzene rings is 1. The molecule has 4 N–H and O–H groups in total. The molecule has 0 saturated heterocycles. The van der Waals surface area contributed by atoms with Gasteiger partial charge in [-0.1, -0.05) is 6.92 Å². The van der Waals surface area contributed by atoms with Crippen molar-refractivity contribution in [2.75, 3.05) is 145 Å². The highest BCUT2D eigenvalue weighted by Crippen LogP contribution is 2.29. The second-order valence-electron chi connectivity index (χ2n) is 11.7. The third-order valence-corrected chi connectivity index (χ3v) is 6.93. The van der Waals surface area contributed by atoms with Gasteiger partial charge in [0.2, 0.25) is 40.7 Å². The van der Waals surface area contributed by atoms with Crippen molar-refractivity contribution in [3.63, 3.8) is 0 Å². The predicted molar refractivity (Wildman–Crippen MR) is 187 cm³/mol. The van der Waals surface area contributed by atoms with Gasteiger partial charge in [-0.05, 0) is 6.42 Å². The summed E-state index contributed by atoms with van der Waals surface area (Å²) >= 11 is 0. The molecule has 0 aliphatic rings. The van der Waals surface area contributed by atoms with Crippen molar-refractivity contribution in [2.45, 2.75) is 31.7 Å². The molecule has 16 nitrogen and oxygen atoms in total. The van der Waals surface area contributed by atoms with E-state index in [0.717, 1.165) is 6.42 Å². The average Bonchev–Trinajstić information content (AvgIpc) is 3.19. The maximum atomic E-state index is 13.7. The van der Waals surface area contributed by atoms with Gasteiger partial charge >= 0.3 is 5.97 Å².